The summed E-state index contributed by atoms with van der Waals surface area (Å²) in [5.41, 5.74) is 3.29. The van der Waals surface area contributed by atoms with Crippen molar-refractivity contribution >= 4 is 56.5 Å². The summed E-state index contributed by atoms with van der Waals surface area (Å²) in [7, 11) is 0. The highest BCUT2D eigenvalue weighted by atomic mass is 79.9. The maximum Gasteiger partial charge on any atom is 0.257 e. The molecule has 2 N–H and O–H groups in total. The van der Waals surface area contributed by atoms with Crippen LogP contribution in [-0.4, -0.2) is 11.0 Å². The Labute approximate surface area is 170 Å². The maximum atomic E-state index is 12.4. The Kier molecular flexibility index (Phi) is 6.04. The van der Waals surface area contributed by atoms with E-state index in [0.717, 1.165) is 15.6 Å². The van der Waals surface area contributed by atoms with E-state index in [2.05, 4.69) is 26.6 Å². The molecule has 3 rings (SSSR count). The second kappa shape index (κ2) is 8.45. The quantitative estimate of drug-likeness (QED) is 0.493. The Balaban J connectivity index is 1.65. The van der Waals surface area contributed by atoms with Gasteiger partial charge in [-0.2, -0.15) is 0 Å². The molecule has 0 saturated carbocycles. The number of benzene rings is 3. The average Bonchev–Trinajstić information content (AvgIpc) is 2.65. The highest BCUT2D eigenvalue weighted by molar-refractivity contribution is 9.10. The first-order chi connectivity index (χ1) is 12.5. The van der Waals surface area contributed by atoms with Gasteiger partial charge in [-0.1, -0.05) is 70.0 Å². The van der Waals surface area contributed by atoms with Crippen molar-refractivity contribution in [1.82, 2.24) is 5.32 Å². The SMILES string of the molecule is O=C(NC(=S)Nc1ccc(Br)cc1Cl)c1ccc(-c2ccccc2)cc1. The van der Waals surface area contributed by atoms with Gasteiger partial charge in [0.15, 0.2) is 5.11 Å². The molecule has 3 nitrogen and oxygen atoms in total. The van der Waals surface area contributed by atoms with Gasteiger partial charge in [-0.15, -0.1) is 0 Å². The van der Waals surface area contributed by atoms with E-state index in [9.17, 15) is 4.79 Å². The molecule has 0 aliphatic carbocycles. The summed E-state index contributed by atoms with van der Waals surface area (Å²) in [5, 5.41) is 6.27. The van der Waals surface area contributed by atoms with Crippen LogP contribution in [0.1, 0.15) is 10.4 Å². The molecule has 0 saturated heterocycles. The van der Waals surface area contributed by atoms with Crippen LogP contribution in [0, 0.1) is 0 Å². The lowest BCUT2D eigenvalue weighted by molar-refractivity contribution is 0.0978. The van der Waals surface area contributed by atoms with Gasteiger partial charge in [0.05, 0.1) is 10.7 Å². The van der Waals surface area contributed by atoms with Gasteiger partial charge in [-0.25, -0.2) is 0 Å². The molecule has 0 heterocycles. The minimum Gasteiger partial charge on any atom is -0.331 e. The van der Waals surface area contributed by atoms with Crippen LogP contribution in [0.4, 0.5) is 5.69 Å². The molecule has 0 bridgehead atoms. The molecule has 0 radical (unpaired) electrons. The summed E-state index contributed by atoms with van der Waals surface area (Å²) in [5.74, 6) is -0.282. The van der Waals surface area contributed by atoms with Crippen molar-refractivity contribution in [1.29, 1.82) is 0 Å². The number of hydrogen-bond donors (Lipinski definition) is 2. The molecule has 3 aromatic rings. The molecule has 0 fully saturated rings. The molecule has 0 aliphatic heterocycles. The number of nitrogens with one attached hydrogen (secondary N) is 2. The maximum absolute atomic E-state index is 12.4. The molecule has 1 amide bonds. The fraction of sp³-hybridized carbons (Fsp3) is 0. The first-order valence-corrected chi connectivity index (χ1v) is 9.34. The van der Waals surface area contributed by atoms with Gasteiger partial charge in [0, 0.05) is 10.0 Å². The van der Waals surface area contributed by atoms with Crippen molar-refractivity contribution in [3.05, 3.63) is 87.9 Å². The van der Waals surface area contributed by atoms with Crippen molar-refractivity contribution in [3.63, 3.8) is 0 Å². The molecular formula is C20H14BrClN2OS. The van der Waals surface area contributed by atoms with Gasteiger partial charge in [-0.3, -0.25) is 10.1 Å². The number of rotatable bonds is 3. The zero-order valence-electron chi connectivity index (χ0n) is 13.5. The molecule has 0 aromatic heterocycles. The number of amides is 1. The lowest BCUT2D eigenvalue weighted by atomic mass is 10.0. The molecular weight excluding hydrogens is 432 g/mol. The van der Waals surface area contributed by atoms with E-state index in [-0.39, 0.29) is 11.0 Å². The predicted octanol–water partition coefficient (Wildman–Crippen LogP) is 5.90. The second-order valence-electron chi connectivity index (χ2n) is 5.48. The lowest BCUT2D eigenvalue weighted by Gasteiger charge is -2.11. The standard InChI is InChI=1S/C20H14BrClN2OS/c21-16-10-11-18(17(22)12-16)23-20(26)24-19(25)15-8-6-14(7-9-15)13-4-2-1-3-5-13/h1-12H,(H2,23,24,25,26). The monoisotopic (exact) mass is 444 g/mol. The number of carbonyl (C=O) groups is 1. The van der Waals surface area contributed by atoms with Crippen LogP contribution in [0.2, 0.25) is 5.02 Å². The summed E-state index contributed by atoms with van der Waals surface area (Å²) in [6, 6.07) is 22.7. The summed E-state index contributed by atoms with van der Waals surface area (Å²) in [4.78, 5) is 12.4. The van der Waals surface area contributed by atoms with Gasteiger partial charge in [-0.05, 0) is 53.7 Å². The number of anilines is 1. The van der Waals surface area contributed by atoms with Gasteiger partial charge >= 0.3 is 0 Å². The minimum absolute atomic E-state index is 0.186. The molecule has 0 aliphatic rings. The summed E-state index contributed by atoms with van der Waals surface area (Å²) >= 11 is 14.7. The molecule has 0 atom stereocenters. The summed E-state index contributed by atoms with van der Waals surface area (Å²) in [6.45, 7) is 0. The van der Waals surface area contributed by atoms with Gasteiger partial charge in [0.25, 0.3) is 5.91 Å². The Morgan fingerprint density at radius 2 is 1.58 bits per heavy atom. The predicted molar refractivity (Wildman–Crippen MR) is 115 cm³/mol. The molecule has 130 valence electrons. The highest BCUT2D eigenvalue weighted by Crippen LogP contribution is 2.25. The van der Waals surface area contributed by atoms with Crippen LogP contribution < -0.4 is 10.6 Å². The molecule has 0 spiro atoms. The number of carbonyl (C=O) groups excluding carboxylic acids is 1. The molecule has 26 heavy (non-hydrogen) atoms. The average molecular weight is 446 g/mol. The van der Waals surface area contributed by atoms with Crippen molar-refractivity contribution in [2.45, 2.75) is 0 Å². The van der Waals surface area contributed by atoms with Crippen LogP contribution in [0.25, 0.3) is 11.1 Å². The third-order valence-corrected chi connectivity index (χ3v) is 4.67. The van der Waals surface area contributed by atoms with Crippen molar-refractivity contribution in [2.75, 3.05) is 5.32 Å². The van der Waals surface area contributed by atoms with E-state index in [0.29, 0.717) is 16.3 Å². The van der Waals surface area contributed by atoms with Crippen LogP contribution in [0.3, 0.4) is 0 Å². The first kappa shape index (κ1) is 18.6. The topological polar surface area (TPSA) is 41.1 Å². The van der Waals surface area contributed by atoms with E-state index >= 15 is 0 Å². The van der Waals surface area contributed by atoms with Crippen LogP contribution in [-0.2, 0) is 0 Å². The highest BCUT2D eigenvalue weighted by Gasteiger charge is 2.10. The Hall–Kier alpha value is -2.21. The fourth-order valence-electron chi connectivity index (χ4n) is 2.36. The molecule has 0 unspecified atom stereocenters. The van der Waals surface area contributed by atoms with Gasteiger partial charge in [0.1, 0.15) is 0 Å². The summed E-state index contributed by atoms with van der Waals surface area (Å²) in [6.07, 6.45) is 0. The fourth-order valence-corrected chi connectivity index (χ4v) is 3.29. The van der Waals surface area contributed by atoms with Gasteiger partial charge < -0.3 is 5.32 Å². The smallest absolute Gasteiger partial charge is 0.257 e. The molecule has 6 heteroatoms. The van der Waals surface area contributed by atoms with E-state index in [4.69, 9.17) is 23.8 Å². The van der Waals surface area contributed by atoms with E-state index in [1.54, 1.807) is 24.3 Å². The Bertz CT molecular complexity index is 946. The third kappa shape index (κ3) is 4.69. The van der Waals surface area contributed by atoms with E-state index in [1.807, 2.05) is 48.5 Å². The summed E-state index contributed by atoms with van der Waals surface area (Å²) < 4.78 is 0.863. The van der Waals surface area contributed by atoms with Crippen LogP contribution >= 0.6 is 39.7 Å². The largest absolute Gasteiger partial charge is 0.331 e. The van der Waals surface area contributed by atoms with Crippen molar-refractivity contribution in [3.8, 4) is 11.1 Å². The first-order valence-electron chi connectivity index (χ1n) is 7.76. The third-order valence-electron chi connectivity index (χ3n) is 3.66. The Morgan fingerprint density at radius 3 is 2.23 bits per heavy atom. The zero-order valence-corrected chi connectivity index (χ0v) is 16.7. The molecule has 3 aromatic carbocycles. The Morgan fingerprint density at radius 1 is 0.923 bits per heavy atom. The van der Waals surface area contributed by atoms with Crippen molar-refractivity contribution < 1.29 is 4.79 Å². The minimum atomic E-state index is -0.282. The lowest BCUT2D eigenvalue weighted by Crippen LogP contribution is -2.34. The number of halogens is 2. The van der Waals surface area contributed by atoms with Crippen LogP contribution in [0.5, 0.6) is 0 Å². The van der Waals surface area contributed by atoms with E-state index < -0.39 is 0 Å². The zero-order chi connectivity index (χ0) is 18.5. The second-order valence-corrected chi connectivity index (χ2v) is 7.21. The van der Waals surface area contributed by atoms with E-state index in [1.165, 1.54) is 0 Å². The van der Waals surface area contributed by atoms with Crippen molar-refractivity contribution in [2.24, 2.45) is 0 Å². The van der Waals surface area contributed by atoms with Crippen LogP contribution in [0.15, 0.2) is 77.3 Å². The normalized spacial score (nSPS) is 10.2. The number of thiocarbonyl (C=S) groups is 1. The number of hydrogen-bond acceptors (Lipinski definition) is 2. The van der Waals surface area contributed by atoms with Gasteiger partial charge in [0.2, 0.25) is 0 Å².